The van der Waals surface area contributed by atoms with Crippen molar-refractivity contribution in [2.75, 3.05) is 6.61 Å². The average molecular weight is 407 g/mol. The van der Waals surface area contributed by atoms with E-state index < -0.39 is 28.5 Å². The monoisotopic (exact) mass is 406 g/mol. The lowest BCUT2D eigenvalue weighted by atomic mass is 10.2. The number of carbonyl (C=O) groups excluding carboxylic acids is 2. The molecule has 2 fully saturated rings. The van der Waals surface area contributed by atoms with E-state index in [9.17, 15) is 18.0 Å². The zero-order valence-electron chi connectivity index (χ0n) is 13.1. The van der Waals surface area contributed by atoms with Crippen LogP contribution in [0.3, 0.4) is 0 Å². The molecule has 1 amide bonds. The van der Waals surface area contributed by atoms with Gasteiger partial charge in [-0.15, -0.1) is 0 Å². The number of esters is 1. The Bertz CT molecular complexity index is 819. The maximum Gasteiger partial charge on any atom is 0.340 e. The van der Waals surface area contributed by atoms with Crippen molar-refractivity contribution in [2.45, 2.75) is 42.7 Å². The van der Waals surface area contributed by atoms with E-state index in [0.717, 1.165) is 31.7 Å². The molecule has 2 aliphatic rings. The van der Waals surface area contributed by atoms with Crippen LogP contribution in [0.5, 0.6) is 0 Å². The first-order valence-electron chi connectivity index (χ1n) is 7.74. The third-order valence-electron chi connectivity index (χ3n) is 3.71. The molecule has 3 rings (SSSR count). The molecule has 0 aromatic heterocycles. The number of benzene rings is 1. The molecule has 2 saturated carbocycles. The molecule has 1 aromatic rings. The number of sulfonamides is 1. The fourth-order valence-corrected chi connectivity index (χ4v) is 4.24. The van der Waals surface area contributed by atoms with Gasteiger partial charge in [0.2, 0.25) is 10.0 Å². The van der Waals surface area contributed by atoms with Crippen LogP contribution in [-0.4, -0.2) is 39.0 Å². The molecule has 25 heavy (non-hydrogen) atoms. The minimum atomic E-state index is -3.87. The van der Waals surface area contributed by atoms with E-state index in [-0.39, 0.29) is 32.6 Å². The number of hydrogen-bond donors (Lipinski definition) is 2. The smallest absolute Gasteiger partial charge is 0.340 e. The van der Waals surface area contributed by atoms with E-state index in [2.05, 4.69) is 10.0 Å². The Hall–Kier alpha value is -1.35. The molecule has 2 N–H and O–H groups in total. The second-order valence-electron chi connectivity index (χ2n) is 6.08. The van der Waals surface area contributed by atoms with Crippen LogP contribution >= 0.6 is 23.2 Å². The van der Waals surface area contributed by atoms with E-state index in [0.29, 0.717) is 0 Å². The van der Waals surface area contributed by atoms with Gasteiger partial charge in [0.25, 0.3) is 5.91 Å². The molecule has 2 aliphatic carbocycles. The third kappa shape index (κ3) is 4.84. The van der Waals surface area contributed by atoms with Gasteiger partial charge in [0.1, 0.15) is 4.90 Å². The van der Waals surface area contributed by atoms with Gasteiger partial charge in [-0.05, 0) is 37.8 Å². The first-order chi connectivity index (χ1) is 11.8. The molecule has 0 bridgehead atoms. The number of amides is 1. The van der Waals surface area contributed by atoms with Gasteiger partial charge in [0.15, 0.2) is 6.61 Å². The lowest BCUT2D eigenvalue weighted by Gasteiger charge is -2.11. The highest BCUT2D eigenvalue weighted by Gasteiger charge is 2.31. The summed E-state index contributed by atoms with van der Waals surface area (Å²) >= 11 is 11.9. The molecule has 136 valence electrons. The predicted octanol–water partition coefficient (Wildman–Crippen LogP) is 1.87. The summed E-state index contributed by atoms with van der Waals surface area (Å²) in [5, 5.41) is 2.52. The Morgan fingerprint density at radius 2 is 1.72 bits per heavy atom. The topological polar surface area (TPSA) is 102 Å². The van der Waals surface area contributed by atoms with Gasteiger partial charge in [-0.3, -0.25) is 4.79 Å². The van der Waals surface area contributed by atoms with Crippen molar-refractivity contribution >= 4 is 45.1 Å². The predicted molar refractivity (Wildman–Crippen MR) is 91.3 cm³/mol. The van der Waals surface area contributed by atoms with Crippen molar-refractivity contribution in [3.05, 3.63) is 27.7 Å². The van der Waals surface area contributed by atoms with Crippen LogP contribution in [0.25, 0.3) is 0 Å². The third-order valence-corrected chi connectivity index (χ3v) is 6.00. The van der Waals surface area contributed by atoms with Crippen molar-refractivity contribution in [1.29, 1.82) is 0 Å². The second kappa shape index (κ2) is 7.11. The van der Waals surface area contributed by atoms with Crippen molar-refractivity contribution < 1.29 is 22.7 Å². The molecule has 0 atom stereocenters. The van der Waals surface area contributed by atoms with Gasteiger partial charge < -0.3 is 10.1 Å². The average Bonchev–Trinajstić information content (AvgIpc) is 3.41. The molecule has 1 aromatic carbocycles. The fourth-order valence-electron chi connectivity index (χ4n) is 2.08. The summed E-state index contributed by atoms with van der Waals surface area (Å²) in [5.74, 6) is -1.31. The Balaban J connectivity index is 1.74. The minimum absolute atomic E-state index is 0.0528. The van der Waals surface area contributed by atoms with Gasteiger partial charge in [-0.25, -0.2) is 17.9 Å². The Kier molecular flexibility index (Phi) is 5.24. The Morgan fingerprint density at radius 3 is 2.32 bits per heavy atom. The number of rotatable bonds is 7. The Morgan fingerprint density at radius 1 is 1.08 bits per heavy atom. The first-order valence-corrected chi connectivity index (χ1v) is 9.98. The lowest BCUT2D eigenvalue weighted by molar-refractivity contribution is -0.124. The number of hydrogen-bond acceptors (Lipinski definition) is 5. The van der Waals surface area contributed by atoms with Crippen molar-refractivity contribution in [3.8, 4) is 0 Å². The summed E-state index contributed by atoms with van der Waals surface area (Å²) in [7, 11) is -3.87. The summed E-state index contributed by atoms with van der Waals surface area (Å²) in [4.78, 5) is 23.5. The van der Waals surface area contributed by atoms with Crippen molar-refractivity contribution in [1.82, 2.24) is 10.0 Å². The highest BCUT2D eigenvalue weighted by atomic mass is 35.5. The van der Waals surface area contributed by atoms with Gasteiger partial charge in [0.05, 0.1) is 15.6 Å². The van der Waals surface area contributed by atoms with Crippen LogP contribution in [0, 0.1) is 0 Å². The quantitative estimate of drug-likeness (QED) is 0.672. The van der Waals surface area contributed by atoms with E-state index in [1.165, 1.54) is 6.07 Å². The highest BCUT2D eigenvalue weighted by Crippen LogP contribution is 2.31. The fraction of sp³-hybridized carbons (Fsp3) is 0.467. The summed E-state index contributed by atoms with van der Waals surface area (Å²) in [6, 6.07) is 2.27. The van der Waals surface area contributed by atoms with E-state index in [4.69, 9.17) is 27.9 Å². The molecule has 10 heteroatoms. The molecule has 7 nitrogen and oxygen atoms in total. The number of carbonyl (C=O) groups is 2. The molecular weight excluding hydrogens is 391 g/mol. The van der Waals surface area contributed by atoms with Crippen LogP contribution in [0.4, 0.5) is 0 Å². The standard InChI is InChI=1S/C15H16Cl2N2O5S/c16-11-6-12(17)13(25(22,23)19-9-3-4-9)5-10(11)15(21)24-7-14(20)18-8-1-2-8/h5-6,8-9,19H,1-4,7H2,(H,18,20). The largest absolute Gasteiger partial charge is 0.452 e. The van der Waals surface area contributed by atoms with E-state index in [1.54, 1.807) is 0 Å². The molecule has 0 saturated heterocycles. The highest BCUT2D eigenvalue weighted by molar-refractivity contribution is 7.89. The van der Waals surface area contributed by atoms with Crippen LogP contribution in [-0.2, 0) is 19.6 Å². The molecule has 0 heterocycles. The lowest BCUT2D eigenvalue weighted by Crippen LogP contribution is -2.30. The summed E-state index contributed by atoms with van der Waals surface area (Å²) in [6.07, 6.45) is 3.35. The number of ether oxygens (including phenoxy) is 1. The maximum absolute atomic E-state index is 12.3. The van der Waals surface area contributed by atoms with Gasteiger partial charge >= 0.3 is 5.97 Å². The maximum atomic E-state index is 12.3. The SMILES string of the molecule is O=C(COC(=O)c1cc(S(=O)(=O)NC2CC2)c(Cl)cc1Cl)NC1CC1. The van der Waals surface area contributed by atoms with Crippen molar-refractivity contribution in [2.24, 2.45) is 0 Å². The number of halogens is 2. The van der Waals surface area contributed by atoms with Crippen LogP contribution in [0.2, 0.25) is 10.0 Å². The number of nitrogens with one attached hydrogen (secondary N) is 2. The van der Waals surface area contributed by atoms with E-state index in [1.807, 2.05) is 0 Å². The zero-order valence-corrected chi connectivity index (χ0v) is 15.4. The molecule has 0 unspecified atom stereocenters. The molecule has 0 spiro atoms. The Labute approximate surface area is 155 Å². The zero-order chi connectivity index (χ0) is 18.2. The second-order valence-corrected chi connectivity index (χ2v) is 8.57. The van der Waals surface area contributed by atoms with E-state index >= 15 is 0 Å². The van der Waals surface area contributed by atoms with Gasteiger partial charge in [0, 0.05) is 12.1 Å². The summed E-state index contributed by atoms with van der Waals surface area (Å²) in [6.45, 7) is -0.462. The minimum Gasteiger partial charge on any atom is -0.452 e. The van der Waals surface area contributed by atoms with Crippen LogP contribution < -0.4 is 10.0 Å². The van der Waals surface area contributed by atoms with Crippen molar-refractivity contribution in [3.63, 3.8) is 0 Å². The molecule has 0 aliphatic heterocycles. The van der Waals surface area contributed by atoms with Gasteiger partial charge in [-0.2, -0.15) is 0 Å². The van der Waals surface area contributed by atoms with Gasteiger partial charge in [-0.1, -0.05) is 23.2 Å². The van der Waals surface area contributed by atoms with Crippen LogP contribution in [0.15, 0.2) is 17.0 Å². The summed E-state index contributed by atoms with van der Waals surface area (Å²) in [5.41, 5.74) is -0.165. The van der Waals surface area contributed by atoms with Crippen LogP contribution in [0.1, 0.15) is 36.0 Å². The normalized spacial score (nSPS) is 17.2. The summed E-state index contributed by atoms with van der Waals surface area (Å²) < 4.78 is 32.0. The molecule has 0 radical (unpaired) electrons. The molecular formula is C15H16Cl2N2O5S. The first kappa shape index (κ1) is 18.4.